The molecular formula is C25H38O3. The highest BCUT2D eigenvalue weighted by atomic mass is 16.3. The van der Waals surface area contributed by atoms with Gasteiger partial charge in [0.05, 0.1) is 12.2 Å². The first-order valence-corrected chi connectivity index (χ1v) is 11.2. The van der Waals surface area contributed by atoms with E-state index < -0.39 is 5.60 Å². The van der Waals surface area contributed by atoms with Gasteiger partial charge in [-0.2, -0.15) is 0 Å². The Morgan fingerprint density at radius 2 is 1.82 bits per heavy atom. The molecule has 0 radical (unpaired) electrons. The molecule has 4 atom stereocenters. The van der Waals surface area contributed by atoms with Gasteiger partial charge in [0.1, 0.15) is 5.60 Å². The summed E-state index contributed by atoms with van der Waals surface area (Å²) >= 11 is 0. The SMILES string of the molecule is CC(C)(O)C#CCC[C@@H]1CC[C@@]2(CCC/C(=C\C=C3C[C@@H](O)C[C@@H](O)C3)C2)C1. The highest BCUT2D eigenvalue weighted by Gasteiger charge is 2.40. The number of rotatable bonds is 3. The Balaban J connectivity index is 1.53. The standard InChI is InChI=1S/C25H38O3/c1-24(2,28)11-4-3-6-20-10-13-25(18-20)12-5-7-19(17-25)8-9-21-14-22(26)16-23(27)15-21/h8-9,20,22-23,26-28H,3,5-7,10,12-18H2,1-2H3/b19-8+,21-9?/t20-,22-,23+,25-/m1/s1. The first-order chi connectivity index (χ1) is 13.2. The lowest BCUT2D eigenvalue weighted by Gasteiger charge is -2.35. The Kier molecular flexibility index (Phi) is 7.07. The van der Waals surface area contributed by atoms with E-state index in [2.05, 4.69) is 24.0 Å². The fourth-order valence-electron chi connectivity index (χ4n) is 5.55. The van der Waals surface area contributed by atoms with Crippen molar-refractivity contribution < 1.29 is 15.3 Å². The van der Waals surface area contributed by atoms with Crippen molar-refractivity contribution in [3.05, 3.63) is 23.3 Å². The molecule has 0 aromatic carbocycles. The van der Waals surface area contributed by atoms with Crippen LogP contribution in [0.15, 0.2) is 23.3 Å². The highest BCUT2D eigenvalue weighted by Crippen LogP contribution is 2.53. The number of allylic oxidation sites excluding steroid dienone is 3. The summed E-state index contributed by atoms with van der Waals surface area (Å²) in [6.45, 7) is 3.48. The average molecular weight is 387 g/mol. The van der Waals surface area contributed by atoms with Gasteiger partial charge < -0.3 is 15.3 Å². The Labute approximate surface area is 170 Å². The molecule has 0 aromatic heterocycles. The van der Waals surface area contributed by atoms with Crippen LogP contribution in [-0.4, -0.2) is 33.1 Å². The third kappa shape index (κ3) is 6.48. The zero-order valence-corrected chi connectivity index (χ0v) is 17.7. The number of hydrogen-bond donors (Lipinski definition) is 3. The molecule has 3 heteroatoms. The van der Waals surface area contributed by atoms with E-state index in [0.717, 1.165) is 18.8 Å². The summed E-state index contributed by atoms with van der Waals surface area (Å²) in [6.07, 6.45) is 16.7. The predicted molar refractivity (Wildman–Crippen MR) is 114 cm³/mol. The second-order valence-electron chi connectivity index (χ2n) is 10.1. The monoisotopic (exact) mass is 386 g/mol. The second kappa shape index (κ2) is 9.16. The van der Waals surface area contributed by atoms with E-state index >= 15 is 0 Å². The van der Waals surface area contributed by atoms with Crippen molar-refractivity contribution in [2.45, 2.75) is 109 Å². The maximum absolute atomic E-state index is 9.87. The van der Waals surface area contributed by atoms with Crippen LogP contribution >= 0.6 is 0 Å². The van der Waals surface area contributed by atoms with E-state index in [-0.39, 0.29) is 12.2 Å². The quantitative estimate of drug-likeness (QED) is 0.618. The molecule has 3 rings (SSSR count). The van der Waals surface area contributed by atoms with Gasteiger partial charge in [-0.05, 0) is 95.8 Å². The molecule has 3 fully saturated rings. The minimum Gasteiger partial charge on any atom is -0.393 e. The first-order valence-electron chi connectivity index (χ1n) is 11.2. The van der Waals surface area contributed by atoms with Gasteiger partial charge in [0, 0.05) is 6.42 Å². The summed E-state index contributed by atoms with van der Waals surface area (Å²) in [7, 11) is 0. The van der Waals surface area contributed by atoms with E-state index in [0.29, 0.717) is 24.7 Å². The minimum atomic E-state index is -0.876. The Bertz CT molecular complexity index is 646. The van der Waals surface area contributed by atoms with E-state index in [1.807, 2.05) is 0 Å². The Morgan fingerprint density at radius 1 is 1.11 bits per heavy atom. The summed E-state index contributed by atoms with van der Waals surface area (Å²) in [5, 5.41) is 29.4. The van der Waals surface area contributed by atoms with Crippen molar-refractivity contribution in [3.8, 4) is 11.8 Å². The molecular weight excluding hydrogens is 348 g/mol. The van der Waals surface area contributed by atoms with Gasteiger partial charge >= 0.3 is 0 Å². The molecule has 28 heavy (non-hydrogen) atoms. The van der Waals surface area contributed by atoms with Crippen molar-refractivity contribution in [1.82, 2.24) is 0 Å². The lowest BCUT2D eigenvalue weighted by molar-refractivity contribution is 0.0609. The van der Waals surface area contributed by atoms with Gasteiger partial charge in [-0.3, -0.25) is 0 Å². The maximum Gasteiger partial charge on any atom is 0.119 e. The van der Waals surface area contributed by atoms with Crippen LogP contribution in [0.2, 0.25) is 0 Å². The third-order valence-corrected chi connectivity index (χ3v) is 6.78. The first kappa shape index (κ1) is 21.6. The zero-order chi connectivity index (χ0) is 20.2. The molecule has 0 aliphatic heterocycles. The number of hydrogen-bond acceptors (Lipinski definition) is 3. The number of aliphatic hydroxyl groups is 3. The Morgan fingerprint density at radius 3 is 2.54 bits per heavy atom. The van der Waals surface area contributed by atoms with Crippen molar-refractivity contribution >= 4 is 0 Å². The van der Waals surface area contributed by atoms with Gasteiger partial charge in [-0.25, -0.2) is 0 Å². The van der Waals surface area contributed by atoms with Crippen LogP contribution in [0.4, 0.5) is 0 Å². The fraction of sp³-hybridized carbons (Fsp3) is 0.760. The molecule has 1 spiro atoms. The predicted octanol–water partition coefficient (Wildman–Crippen LogP) is 4.66. The van der Waals surface area contributed by atoms with E-state index in [9.17, 15) is 15.3 Å². The molecule has 156 valence electrons. The number of aliphatic hydroxyl groups excluding tert-OH is 2. The molecule has 0 heterocycles. The zero-order valence-electron chi connectivity index (χ0n) is 17.7. The van der Waals surface area contributed by atoms with Gasteiger partial charge in [-0.1, -0.05) is 29.2 Å². The van der Waals surface area contributed by atoms with Crippen LogP contribution in [0.25, 0.3) is 0 Å². The second-order valence-corrected chi connectivity index (χ2v) is 10.1. The molecule has 0 bridgehead atoms. The molecule has 3 saturated carbocycles. The smallest absolute Gasteiger partial charge is 0.119 e. The van der Waals surface area contributed by atoms with E-state index in [4.69, 9.17) is 0 Å². The fourth-order valence-corrected chi connectivity index (χ4v) is 5.55. The van der Waals surface area contributed by atoms with Crippen LogP contribution < -0.4 is 0 Å². The average Bonchev–Trinajstić information content (AvgIpc) is 2.98. The van der Waals surface area contributed by atoms with E-state index in [1.54, 1.807) is 19.4 Å². The van der Waals surface area contributed by atoms with Crippen LogP contribution in [0.1, 0.15) is 90.9 Å². The van der Waals surface area contributed by atoms with Crippen LogP contribution in [0.3, 0.4) is 0 Å². The summed E-state index contributed by atoms with van der Waals surface area (Å²) in [6, 6.07) is 0. The molecule has 3 aliphatic rings. The van der Waals surface area contributed by atoms with Gasteiger partial charge in [0.25, 0.3) is 0 Å². The summed E-state index contributed by atoms with van der Waals surface area (Å²) in [5.74, 6) is 6.86. The topological polar surface area (TPSA) is 60.7 Å². The van der Waals surface area contributed by atoms with Crippen molar-refractivity contribution in [2.24, 2.45) is 11.3 Å². The third-order valence-electron chi connectivity index (χ3n) is 6.78. The summed E-state index contributed by atoms with van der Waals surface area (Å²) in [5.41, 5.74) is 2.35. The molecule has 3 aliphatic carbocycles. The molecule has 0 amide bonds. The van der Waals surface area contributed by atoms with Gasteiger partial charge in [0.2, 0.25) is 0 Å². The Hall–Kier alpha value is -1.08. The highest BCUT2D eigenvalue weighted by molar-refractivity contribution is 5.23. The molecule has 0 saturated heterocycles. The maximum atomic E-state index is 9.87. The van der Waals surface area contributed by atoms with Crippen LogP contribution in [0.5, 0.6) is 0 Å². The largest absolute Gasteiger partial charge is 0.393 e. The van der Waals surface area contributed by atoms with E-state index in [1.165, 1.54) is 50.5 Å². The molecule has 3 N–H and O–H groups in total. The normalized spacial score (nSPS) is 36.7. The van der Waals surface area contributed by atoms with Gasteiger partial charge in [-0.15, -0.1) is 5.92 Å². The lowest BCUT2D eigenvalue weighted by Crippen LogP contribution is -2.24. The molecule has 3 nitrogen and oxygen atoms in total. The minimum absolute atomic E-state index is 0.388. The van der Waals surface area contributed by atoms with Crippen molar-refractivity contribution in [2.75, 3.05) is 0 Å². The summed E-state index contributed by atoms with van der Waals surface area (Å²) in [4.78, 5) is 0. The lowest BCUT2D eigenvalue weighted by atomic mass is 9.70. The van der Waals surface area contributed by atoms with Crippen LogP contribution in [-0.2, 0) is 0 Å². The molecule has 0 unspecified atom stereocenters. The van der Waals surface area contributed by atoms with Gasteiger partial charge in [0.15, 0.2) is 0 Å². The molecule has 0 aromatic rings. The van der Waals surface area contributed by atoms with Crippen molar-refractivity contribution in [3.63, 3.8) is 0 Å². The van der Waals surface area contributed by atoms with Crippen LogP contribution in [0, 0.1) is 23.2 Å². The van der Waals surface area contributed by atoms with Crippen molar-refractivity contribution in [1.29, 1.82) is 0 Å². The summed E-state index contributed by atoms with van der Waals surface area (Å²) < 4.78 is 0.